The van der Waals surface area contributed by atoms with Gasteiger partial charge < -0.3 is 10.6 Å². The SMILES string of the molecule is O=C(NCCn1ccc(-c2ccncc2)n1)Nc1ccccc1. The Morgan fingerprint density at radius 1 is 1.04 bits per heavy atom. The number of rotatable bonds is 5. The second-order valence-electron chi connectivity index (χ2n) is 4.95. The predicted octanol–water partition coefficient (Wildman–Crippen LogP) is 2.77. The zero-order valence-corrected chi connectivity index (χ0v) is 12.5. The van der Waals surface area contributed by atoms with E-state index in [1.165, 1.54) is 0 Å². The van der Waals surface area contributed by atoms with Crippen molar-refractivity contribution in [3.8, 4) is 11.3 Å². The summed E-state index contributed by atoms with van der Waals surface area (Å²) in [6.07, 6.45) is 5.38. The molecule has 2 aromatic heterocycles. The molecule has 0 unspecified atom stereocenters. The Balaban J connectivity index is 1.48. The molecule has 2 amide bonds. The lowest BCUT2D eigenvalue weighted by molar-refractivity contribution is 0.251. The van der Waals surface area contributed by atoms with Crippen LogP contribution in [0.25, 0.3) is 11.3 Å². The second-order valence-corrected chi connectivity index (χ2v) is 4.95. The average Bonchev–Trinajstić information content (AvgIpc) is 3.05. The normalized spacial score (nSPS) is 10.3. The number of nitrogens with one attached hydrogen (secondary N) is 2. The maximum Gasteiger partial charge on any atom is 0.319 e. The lowest BCUT2D eigenvalue weighted by Crippen LogP contribution is -2.31. The fraction of sp³-hybridized carbons (Fsp3) is 0.118. The molecule has 0 aliphatic carbocycles. The third-order valence-corrected chi connectivity index (χ3v) is 3.27. The molecule has 0 radical (unpaired) electrons. The van der Waals surface area contributed by atoms with Gasteiger partial charge in [0.05, 0.1) is 12.2 Å². The van der Waals surface area contributed by atoms with Crippen molar-refractivity contribution in [3.05, 3.63) is 67.1 Å². The van der Waals surface area contributed by atoms with E-state index in [0.717, 1.165) is 16.9 Å². The number of aromatic nitrogens is 3. The second kappa shape index (κ2) is 7.22. The molecule has 23 heavy (non-hydrogen) atoms. The van der Waals surface area contributed by atoms with E-state index < -0.39 is 0 Å². The van der Waals surface area contributed by atoms with E-state index in [9.17, 15) is 4.79 Å². The van der Waals surface area contributed by atoms with Gasteiger partial charge in [-0.15, -0.1) is 0 Å². The van der Waals surface area contributed by atoms with Crippen LogP contribution in [0.2, 0.25) is 0 Å². The van der Waals surface area contributed by atoms with Gasteiger partial charge in [0.25, 0.3) is 0 Å². The number of amides is 2. The van der Waals surface area contributed by atoms with E-state index in [4.69, 9.17) is 0 Å². The predicted molar refractivity (Wildman–Crippen MR) is 88.9 cm³/mol. The van der Waals surface area contributed by atoms with Crippen molar-refractivity contribution in [1.82, 2.24) is 20.1 Å². The van der Waals surface area contributed by atoms with Gasteiger partial charge in [0.1, 0.15) is 0 Å². The zero-order chi connectivity index (χ0) is 15.9. The van der Waals surface area contributed by atoms with Crippen LogP contribution < -0.4 is 10.6 Å². The highest BCUT2D eigenvalue weighted by atomic mass is 16.2. The minimum atomic E-state index is -0.224. The van der Waals surface area contributed by atoms with Gasteiger partial charge in [-0.2, -0.15) is 5.10 Å². The monoisotopic (exact) mass is 307 g/mol. The first-order valence-electron chi connectivity index (χ1n) is 7.35. The highest BCUT2D eigenvalue weighted by Gasteiger charge is 2.03. The molecule has 3 rings (SSSR count). The number of anilines is 1. The first-order valence-corrected chi connectivity index (χ1v) is 7.35. The Kier molecular flexibility index (Phi) is 4.63. The first kappa shape index (κ1) is 14.8. The van der Waals surface area contributed by atoms with Crippen LogP contribution >= 0.6 is 0 Å². The summed E-state index contributed by atoms with van der Waals surface area (Å²) in [6.45, 7) is 1.10. The fourth-order valence-corrected chi connectivity index (χ4v) is 2.14. The van der Waals surface area contributed by atoms with Gasteiger partial charge in [0.2, 0.25) is 0 Å². The molecule has 0 bridgehead atoms. The van der Waals surface area contributed by atoms with Crippen LogP contribution in [0.1, 0.15) is 0 Å². The minimum Gasteiger partial charge on any atom is -0.336 e. The number of benzene rings is 1. The van der Waals surface area contributed by atoms with Crippen molar-refractivity contribution in [2.75, 3.05) is 11.9 Å². The third-order valence-electron chi connectivity index (χ3n) is 3.27. The lowest BCUT2D eigenvalue weighted by atomic mass is 10.2. The molecule has 0 aliphatic heterocycles. The van der Waals surface area contributed by atoms with Crippen LogP contribution in [0, 0.1) is 0 Å². The molecular formula is C17H17N5O. The number of carbonyl (C=O) groups excluding carboxylic acids is 1. The summed E-state index contributed by atoms with van der Waals surface area (Å²) in [7, 11) is 0. The van der Waals surface area contributed by atoms with Crippen molar-refractivity contribution in [1.29, 1.82) is 0 Å². The smallest absolute Gasteiger partial charge is 0.319 e. The Labute approximate surface area is 134 Å². The molecule has 0 saturated carbocycles. The number of hydrogen-bond acceptors (Lipinski definition) is 3. The molecular weight excluding hydrogens is 290 g/mol. The number of urea groups is 1. The number of carbonyl (C=O) groups is 1. The molecule has 116 valence electrons. The highest BCUT2D eigenvalue weighted by molar-refractivity contribution is 5.89. The van der Waals surface area contributed by atoms with Gasteiger partial charge in [-0.25, -0.2) is 4.79 Å². The summed E-state index contributed by atoms with van der Waals surface area (Å²) < 4.78 is 1.80. The largest absolute Gasteiger partial charge is 0.336 e. The van der Waals surface area contributed by atoms with Crippen LogP contribution in [0.4, 0.5) is 10.5 Å². The molecule has 0 atom stereocenters. The number of para-hydroxylation sites is 1. The van der Waals surface area contributed by atoms with Gasteiger partial charge in [-0.3, -0.25) is 9.67 Å². The molecule has 2 N–H and O–H groups in total. The summed E-state index contributed by atoms with van der Waals surface area (Å²) in [5.41, 5.74) is 2.68. The fourth-order valence-electron chi connectivity index (χ4n) is 2.14. The summed E-state index contributed by atoms with van der Waals surface area (Å²) in [4.78, 5) is 15.8. The molecule has 6 heteroatoms. The van der Waals surface area contributed by atoms with Crippen LogP contribution in [0.5, 0.6) is 0 Å². The summed E-state index contributed by atoms with van der Waals surface area (Å²) >= 11 is 0. The molecule has 2 heterocycles. The quantitative estimate of drug-likeness (QED) is 0.761. The molecule has 1 aromatic carbocycles. The highest BCUT2D eigenvalue weighted by Crippen LogP contribution is 2.14. The maximum absolute atomic E-state index is 11.8. The van der Waals surface area contributed by atoms with E-state index in [1.807, 2.05) is 54.7 Å². The number of nitrogens with zero attached hydrogens (tertiary/aromatic N) is 3. The van der Waals surface area contributed by atoms with Gasteiger partial charge in [0, 0.05) is 36.4 Å². The lowest BCUT2D eigenvalue weighted by Gasteiger charge is -2.07. The Morgan fingerprint density at radius 2 is 1.83 bits per heavy atom. The van der Waals surface area contributed by atoms with E-state index in [-0.39, 0.29) is 6.03 Å². The van der Waals surface area contributed by atoms with E-state index in [1.54, 1.807) is 17.1 Å². The topological polar surface area (TPSA) is 71.8 Å². The van der Waals surface area contributed by atoms with Crippen molar-refractivity contribution >= 4 is 11.7 Å². The molecule has 3 aromatic rings. The first-order chi connectivity index (χ1) is 11.3. The number of pyridine rings is 1. The van der Waals surface area contributed by atoms with E-state index in [0.29, 0.717) is 13.1 Å². The zero-order valence-electron chi connectivity index (χ0n) is 12.5. The molecule has 0 spiro atoms. The Bertz CT molecular complexity index is 755. The van der Waals surface area contributed by atoms with E-state index >= 15 is 0 Å². The summed E-state index contributed by atoms with van der Waals surface area (Å²) in [5.74, 6) is 0. The summed E-state index contributed by atoms with van der Waals surface area (Å²) in [6, 6.07) is 14.9. The van der Waals surface area contributed by atoms with Crippen LogP contribution in [-0.2, 0) is 6.54 Å². The summed E-state index contributed by atoms with van der Waals surface area (Å²) in [5, 5.41) is 10.1. The van der Waals surface area contributed by atoms with Crippen LogP contribution in [-0.4, -0.2) is 27.3 Å². The maximum atomic E-state index is 11.8. The molecule has 6 nitrogen and oxygen atoms in total. The van der Waals surface area contributed by atoms with Crippen molar-refractivity contribution in [3.63, 3.8) is 0 Å². The minimum absolute atomic E-state index is 0.224. The van der Waals surface area contributed by atoms with Crippen LogP contribution in [0.15, 0.2) is 67.1 Å². The van der Waals surface area contributed by atoms with Crippen molar-refractivity contribution in [2.24, 2.45) is 0 Å². The van der Waals surface area contributed by atoms with Gasteiger partial charge in [0.15, 0.2) is 0 Å². The molecule has 0 saturated heterocycles. The Morgan fingerprint density at radius 3 is 2.61 bits per heavy atom. The van der Waals surface area contributed by atoms with E-state index in [2.05, 4.69) is 20.7 Å². The molecule has 0 aliphatic rings. The van der Waals surface area contributed by atoms with Gasteiger partial charge >= 0.3 is 6.03 Å². The van der Waals surface area contributed by atoms with Crippen molar-refractivity contribution < 1.29 is 4.79 Å². The Hall–Kier alpha value is -3.15. The molecule has 0 fully saturated rings. The van der Waals surface area contributed by atoms with Gasteiger partial charge in [-0.1, -0.05) is 18.2 Å². The van der Waals surface area contributed by atoms with Crippen LogP contribution in [0.3, 0.4) is 0 Å². The average molecular weight is 307 g/mol. The standard InChI is InChI=1S/C17H17N5O/c23-17(20-15-4-2-1-3-5-15)19-11-13-22-12-8-16(21-22)14-6-9-18-10-7-14/h1-10,12H,11,13H2,(H2,19,20,23). The van der Waals surface area contributed by atoms with Crippen molar-refractivity contribution in [2.45, 2.75) is 6.54 Å². The van der Waals surface area contributed by atoms with Gasteiger partial charge in [-0.05, 0) is 30.3 Å². The third kappa shape index (κ3) is 4.16. The number of hydrogen-bond donors (Lipinski definition) is 2.